The van der Waals surface area contributed by atoms with E-state index < -0.39 is 0 Å². The van der Waals surface area contributed by atoms with Crippen LogP contribution in [0.25, 0.3) is 11.0 Å². The summed E-state index contributed by atoms with van der Waals surface area (Å²) < 4.78 is 5.62. The van der Waals surface area contributed by atoms with Crippen molar-refractivity contribution in [3.05, 3.63) is 65.4 Å². The molecule has 3 nitrogen and oxygen atoms in total. The van der Waals surface area contributed by atoms with E-state index in [2.05, 4.69) is 45.1 Å². The molecule has 25 heavy (non-hydrogen) atoms. The molecule has 130 valence electrons. The Balaban J connectivity index is 1.78. The van der Waals surface area contributed by atoms with E-state index in [0.29, 0.717) is 6.42 Å². The Bertz CT molecular complexity index is 883. The molecular formula is C22H25NO2. The van der Waals surface area contributed by atoms with Crippen LogP contribution in [0.1, 0.15) is 44.4 Å². The third kappa shape index (κ3) is 3.93. The van der Waals surface area contributed by atoms with E-state index in [1.807, 2.05) is 30.3 Å². The minimum atomic E-state index is -0.0342. The molecule has 0 atom stereocenters. The van der Waals surface area contributed by atoms with E-state index in [1.54, 1.807) is 6.26 Å². The lowest BCUT2D eigenvalue weighted by Crippen LogP contribution is -2.14. The summed E-state index contributed by atoms with van der Waals surface area (Å²) in [6, 6.07) is 14.2. The second-order valence-electron chi connectivity index (χ2n) is 7.50. The number of benzene rings is 2. The van der Waals surface area contributed by atoms with Crippen LogP contribution in [0.4, 0.5) is 5.69 Å². The van der Waals surface area contributed by atoms with Crippen molar-refractivity contribution in [3.8, 4) is 0 Å². The SMILES string of the molecule is CCc1ccc(NC(=O)Cc2coc3ccc(C(C)(C)C)cc23)cc1. The second-order valence-corrected chi connectivity index (χ2v) is 7.50. The number of hydrogen-bond donors (Lipinski definition) is 1. The average Bonchev–Trinajstić information content (AvgIpc) is 2.97. The largest absolute Gasteiger partial charge is 0.464 e. The minimum absolute atomic E-state index is 0.0342. The van der Waals surface area contributed by atoms with Gasteiger partial charge in [-0.3, -0.25) is 4.79 Å². The molecule has 0 saturated heterocycles. The van der Waals surface area contributed by atoms with Gasteiger partial charge in [-0.15, -0.1) is 0 Å². The quantitative estimate of drug-likeness (QED) is 0.686. The van der Waals surface area contributed by atoms with Crippen molar-refractivity contribution in [2.24, 2.45) is 0 Å². The van der Waals surface area contributed by atoms with Crippen molar-refractivity contribution in [1.82, 2.24) is 0 Å². The Labute approximate surface area is 149 Å². The third-order valence-corrected chi connectivity index (χ3v) is 4.52. The second kappa shape index (κ2) is 6.75. The number of furan rings is 1. The number of carbonyl (C=O) groups excluding carboxylic acids is 1. The highest BCUT2D eigenvalue weighted by Crippen LogP contribution is 2.29. The maximum Gasteiger partial charge on any atom is 0.228 e. The van der Waals surface area contributed by atoms with E-state index in [0.717, 1.165) is 28.6 Å². The molecule has 0 radical (unpaired) electrons. The smallest absolute Gasteiger partial charge is 0.228 e. The van der Waals surface area contributed by atoms with Gasteiger partial charge in [-0.05, 0) is 47.2 Å². The molecule has 0 saturated carbocycles. The zero-order chi connectivity index (χ0) is 18.0. The zero-order valence-electron chi connectivity index (χ0n) is 15.3. The van der Waals surface area contributed by atoms with Crippen molar-refractivity contribution in [2.45, 2.75) is 46.0 Å². The molecule has 1 amide bonds. The summed E-state index contributed by atoms with van der Waals surface area (Å²) in [4.78, 5) is 12.4. The van der Waals surface area contributed by atoms with Crippen molar-refractivity contribution >= 4 is 22.6 Å². The summed E-state index contributed by atoms with van der Waals surface area (Å²) in [7, 11) is 0. The summed E-state index contributed by atoms with van der Waals surface area (Å²) in [5.74, 6) is -0.0342. The van der Waals surface area contributed by atoms with Crippen LogP contribution in [-0.2, 0) is 23.1 Å². The summed E-state index contributed by atoms with van der Waals surface area (Å²) in [5, 5.41) is 3.98. The number of rotatable bonds is 4. The molecule has 0 aliphatic rings. The maximum absolute atomic E-state index is 12.4. The van der Waals surface area contributed by atoms with E-state index in [9.17, 15) is 4.79 Å². The van der Waals surface area contributed by atoms with Gasteiger partial charge in [0.1, 0.15) is 5.58 Å². The molecule has 0 fully saturated rings. The summed E-state index contributed by atoms with van der Waals surface area (Å²) in [5.41, 5.74) is 5.12. The molecule has 0 aliphatic heterocycles. The predicted octanol–water partition coefficient (Wildman–Crippen LogP) is 5.47. The fourth-order valence-corrected chi connectivity index (χ4v) is 2.89. The molecule has 2 aromatic carbocycles. The number of amides is 1. The summed E-state index contributed by atoms with van der Waals surface area (Å²) >= 11 is 0. The maximum atomic E-state index is 12.4. The van der Waals surface area contributed by atoms with Crippen LogP contribution in [0.15, 0.2) is 53.1 Å². The van der Waals surface area contributed by atoms with E-state index >= 15 is 0 Å². The fourth-order valence-electron chi connectivity index (χ4n) is 2.89. The van der Waals surface area contributed by atoms with Crippen molar-refractivity contribution < 1.29 is 9.21 Å². The van der Waals surface area contributed by atoms with Crippen LogP contribution in [0.3, 0.4) is 0 Å². The van der Waals surface area contributed by atoms with Gasteiger partial charge in [-0.1, -0.05) is 45.9 Å². The van der Waals surface area contributed by atoms with Gasteiger partial charge >= 0.3 is 0 Å². The van der Waals surface area contributed by atoms with Crippen molar-refractivity contribution in [1.29, 1.82) is 0 Å². The summed E-state index contributed by atoms with van der Waals surface area (Å²) in [6.07, 6.45) is 2.98. The number of carbonyl (C=O) groups is 1. The van der Waals surface area contributed by atoms with Crippen LogP contribution in [0.2, 0.25) is 0 Å². The molecule has 0 aliphatic carbocycles. The molecule has 3 heteroatoms. The number of nitrogens with one attached hydrogen (secondary N) is 1. The number of aryl methyl sites for hydroxylation is 1. The molecule has 3 aromatic rings. The van der Waals surface area contributed by atoms with Gasteiger partial charge in [-0.25, -0.2) is 0 Å². The fraction of sp³-hybridized carbons (Fsp3) is 0.318. The Morgan fingerprint density at radius 2 is 1.80 bits per heavy atom. The topological polar surface area (TPSA) is 42.2 Å². The van der Waals surface area contributed by atoms with Gasteiger partial charge in [-0.2, -0.15) is 0 Å². The Hall–Kier alpha value is -2.55. The lowest BCUT2D eigenvalue weighted by atomic mass is 9.86. The Morgan fingerprint density at radius 3 is 2.44 bits per heavy atom. The lowest BCUT2D eigenvalue weighted by molar-refractivity contribution is -0.115. The van der Waals surface area contributed by atoms with Gasteiger partial charge in [0.2, 0.25) is 5.91 Å². The average molecular weight is 335 g/mol. The first-order chi connectivity index (χ1) is 11.9. The zero-order valence-corrected chi connectivity index (χ0v) is 15.3. The third-order valence-electron chi connectivity index (χ3n) is 4.52. The highest BCUT2D eigenvalue weighted by molar-refractivity contribution is 5.95. The standard InChI is InChI=1S/C22H25NO2/c1-5-15-6-9-18(10-7-15)23-21(24)12-16-14-25-20-11-8-17(13-19(16)20)22(2,3)4/h6-11,13-14H,5,12H2,1-4H3,(H,23,24). The van der Waals surface area contributed by atoms with E-state index in [1.165, 1.54) is 11.1 Å². The monoisotopic (exact) mass is 335 g/mol. The van der Waals surface area contributed by atoms with Gasteiger partial charge in [0.25, 0.3) is 0 Å². The highest BCUT2D eigenvalue weighted by atomic mass is 16.3. The molecule has 0 spiro atoms. The van der Waals surface area contributed by atoms with Gasteiger partial charge in [0, 0.05) is 16.6 Å². The van der Waals surface area contributed by atoms with Gasteiger partial charge in [0.05, 0.1) is 12.7 Å². The molecule has 3 rings (SSSR count). The number of anilines is 1. The predicted molar refractivity (Wildman–Crippen MR) is 103 cm³/mol. The van der Waals surface area contributed by atoms with Crippen molar-refractivity contribution in [3.63, 3.8) is 0 Å². The minimum Gasteiger partial charge on any atom is -0.464 e. The Kier molecular flexibility index (Phi) is 4.67. The van der Waals surface area contributed by atoms with Gasteiger partial charge < -0.3 is 9.73 Å². The molecule has 1 N–H and O–H groups in total. The number of hydrogen-bond acceptors (Lipinski definition) is 2. The highest BCUT2D eigenvalue weighted by Gasteiger charge is 2.17. The molecular weight excluding hydrogens is 310 g/mol. The molecule has 1 heterocycles. The first-order valence-corrected chi connectivity index (χ1v) is 8.76. The van der Waals surface area contributed by atoms with Crippen LogP contribution in [0, 0.1) is 0 Å². The number of fused-ring (bicyclic) bond motifs is 1. The van der Waals surface area contributed by atoms with Crippen LogP contribution < -0.4 is 5.32 Å². The van der Waals surface area contributed by atoms with Gasteiger partial charge in [0.15, 0.2) is 0 Å². The summed E-state index contributed by atoms with van der Waals surface area (Å²) in [6.45, 7) is 8.66. The molecule has 0 unspecified atom stereocenters. The van der Waals surface area contributed by atoms with Crippen LogP contribution in [0.5, 0.6) is 0 Å². The van der Waals surface area contributed by atoms with Crippen LogP contribution >= 0.6 is 0 Å². The van der Waals surface area contributed by atoms with E-state index in [-0.39, 0.29) is 11.3 Å². The first-order valence-electron chi connectivity index (χ1n) is 8.76. The molecule has 0 bridgehead atoms. The first kappa shape index (κ1) is 17.3. The van der Waals surface area contributed by atoms with E-state index in [4.69, 9.17) is 4.42 Å². The normalized spacial score (nSPS) is 11.7. The lowest BCUT2D eigenvalue weighted by Gasteiger charge is -2.18. The Morgan fingerprint density at radius 1 is 1.08 bits per heavy atom. The van der Waals surface area contributed by atoms with Crippen LogP contribution in [-0.4, -0.2) is 5.91 Å². The molecule has 1 aromatic heterocycles. The van der Waals surface area contributed by atoms with Crippen molar-refractivity contribution in [2.75, 3.05) is 5.32 Å².